The van der Waals surface area contributed by atoms with Crippen molar-refractivity contribution in [3.63, 3.8) is 0 Å². The van der Waals surface area contributed by atoms with Gasteiger partial charge in [0.25, 0.3) is 5.91 Å². The lowest BCUT2D eigenvalue weighted by Gasteiger charge is -2.30. The Bertz CT molecular complexity index is 937. The number of hydrogen-bond donors (Lipinski definition) is 1. The van der Waals surface area contributed by atoms with E-state index in [4.69, 9.17) is 18.9 Å². The fraction of sp³-hybridized carbons (Fsp3) is 0.348. The molecule has 2 aliphatic heterocycles. The summed E-state index contributed by atoms with van der Waals surface area (Å²) in [6, 6.07) is 13.3. The Morgan fingerprint density at radius 1 is 1.10 bits per heavy atom. The zero-order valence-electron chi connectivity index (χ0n) is 17.0. The summed E-state index contributed by atoms with van der Waals surface area (Å²) >= 11 is 0. The average Bonchev–Trinajstić information content (AvgIpc) is 3.25. The van der Waals surface area contributed by atoms with Gasteiger partial charge in [-0.2, -0.15) is 0 Å². The molecule has 7 nitrogen and oxygen atoms in total. The van der Waals surface area contributed by atoms with Gasteiger partial charge in [0.15, 0.2) is 17.3 Å². The third kappa shape index (κ3) is 4.42. The number of carbonyl (C=O) groups excluding carboxylic acids is 1. The average molecular weight is 411 g/mol. The van der Waals surface area contributed by atoms with Gasteiger partial charge in [0.1, 0.15) is 0 Å². The lowest BCUT2D eigenvalue weighted by Crippen LogP contribution is -2.32. The van der Waals surface area contributed by atoms with Crippen molar-refractivity contribution >= 4 is 5.91 Å². The topological polar surface area (TPSA) is 77.5 Å². The molecule has 30 heavy (non-hydrogen) atoms. The highest BCUT2D eigenvalue weighted by Crippen LogP contribution is 2.38. The summed E-state index contributed by atoms with van der Waals surface area (Å²) in [5.74, 6) is 1.43. The molecule has 4 rings (SSSR count). The van der Waals surface area contributed by atoms with Crippen LogP contribution in [0.25, 0.3) is 0 Å². The molecule has 0 saturated carbocycles. The van der Waals surface area contributed by atoms with Crippen molar-refractivity contribution in [1.82, 2.24) is 4.90 Å². The van der Waals surface area contributed by atoms with Gasteiger partial charge in [0, 0.05) is 26.4 Å². The molecule has 0 fully saturated rings. The number of allylic oxidation sites excluding steroid dienone is 1. The first-order valence-electron chi connectivity index (χ1n) is 9.83. The molecular weight excluding hydrogens is 386 g/mol. The van der Waals surface area contributed by atoms with Crippen LogP contribution < -0.4 is 9.47 Å². The normalized spacial score (nSPS) is 19.8. The van der Waals surface area contributed by atoms with Gasteiger partial charge in [-0.3, -0.25) is 4.79 Å². The van der Waals surface area contributed by atoms with Crippen LogP contribution in [0.1, 0.15) is 29.0 Å². The zero-order valence-corrected chi connectivity index (χ0v) is 17.0. The number of aliphatic hydroxyl groups is 1. The number of aliphatic hydroxyl groups excluding tert-OH is 1. The molecule has 7 heteroatoms. The molecule has 2 aliphatic rings. The quantitative estimate of drug-likeness (QED) is 0.788. The molecule has 0 aromatic heterocycles. The monoisotopic (exact) mass is 411 g/mol. The third-order valence-corrected chi connectivity index (χ3v) is 5.14. The SMILES string of the molecule is CN(C)C(=O)C1=C[C@H](c2ccc3c(c2)OCO3)C[C@H](OCc2ccc(CO)cc2)O1. The lowest BCUT2D eigenvalue weighted by atomic mass is 9.92. The van der Waals surface area contributed by atoms with E-state index in [1.165, 1.54) is 4.90 Å². The fourth-order valence-electron chi connectivity index (χ4n) is 3.44. The van der Waals surface area contributed by atoms with Gasteiger partial charge in [0.05, 0.1) is 13.2 Å². The van der Waals surface area contributed by atoms with E-state index in [1.54, 1.807) is 14.1 Å². The number of likely N-dealkylation sites (N-methyl/N-ethyl adjacent to an activating group) is 1. The molecular formula is C23H25NO6. The number of fused-ring (bicyclic) bond motifs is 1. The second-order valence-corrected chi connectivity index (χ2v) is 7.52. The Morgan fingerprint density at radius 3 is 2.57 bits per heavy atom. The molecule has 1 N–H and O–H groups in total. The van der Waals surface area contributed by atoms with E-state index in [-0.39, 0.29) is 31.0 Å². The van der Waals surface area contributed by atoms with Crippen LogP contribution in [0.3, 0.4) is 0 Å². The van der Waals surface area contributed by atoms with Crippen LogP contribution in [0, 0.1) is 0 Å². The van der Waals surface area contributed by atoms with E-state index in [9.17, 15) is 9.90 Å². The number of hydrogen-bond acceptors (Lipinski definition) is 6. The van der Waals surface area contributed by atoms with Crippen molar-refractivity contribution in [3.8, 4) is 11.5 Å². The van der Waals surface area contributed by atoms with Crippen molar-refractivity contribution in [2.75, 3.05) is 20.9 Å². The predicted octanol–water partition coefficient (Wildman–Crippen LogP) is 2.93. The van der Waals surface area contributed by atoms with Crippen molar-refractivity contribution in [3.05, 3.63) is 71.0 Å². The first-order chi connectivity index (χ1) is 14.5. The minimum absolute atomic E-state index is 0.00485. The van der Waals surface area contributed by atoms with Crippen molar-refractivity contribution in [2.45, 2.75) is 31.8 Å². The Kier molecular flexibility index (Phi) is 5.92. The molecule has 0 bridgehead atoms. The maximum absolute atomic E-state index is 12.6. The summed E-state index contributed by atoms with van der Waals surface area (Å²) in [5, 5.41) is 9.17. The summed E-state index contributed by atoms with van der Waals surface area (Å²) in [7, 11) is 3.38. The summed E-state index contributed by atoms with van der Waals surface area (Å²) in [6.45, 7) is 0.562. The highest BCUT2D eigenvalue weighted by molar-refractivity contribution is 5.91. The summed E-state index contributed by atoms with van der Waals surface area (Å²) < 4.78 is 22.8. The predicted molar refractivity (Wildman–Crippen MR) is 109 cm³/mol. The summed E-state index contributed by atoms with van der Waals surface area (Å²) in [5.41, 5.74) is 2.82. The van der Waals surface area contributed by atoms with Gasteiger partial charge >= 0.3 is 0 Å². The number of ether oxygens (including phenoxy) is 4. The maximum Gasteiger partial charge on any atom is 0.288 e. The number of benzene rings is 2. The number of nitrogens with zero attached hydrogens (tertiary/aromatic N) is 1. The van der Waals surface area contributed by atoms with Crippen LogP contribution in [0.5, 0.6) is 11.5 Å². The van der Waals surface area contributed by atoms with E-state index in [0.29, 0.717) is 18.8 Å². The minimum Gasteiger partial charge on any atom is -0.459 e. The van der Waals surface area contributed by atoms with Gasteiger partial charge in [-0.1, -0.05) is 30.3 Å². The first-order valence-corrected chi connectivity index (χ1v) is 9.83. The van der Waals surface area contributed by atoms with Gasteiger partial charge in [0.2, 0.25) is 13.1 Å². The van der Waals surface area contributed by atoms with Crippen LogP contribution in [0.2, 0.25) is 0 Å². The smallest absolute Gasteiger partial charge is 0.288 e. The van der Waals surface area contributed by atoms with E-state index in [1.807, 2.05) is 48.5 Å². The van der Waals surface area contributed by atoms with E-state index < -0.39 is 6.29 Å². The molecule has 0 aliphatic carbocycles. The molecule has 0 spiro atoms. The lowest BCUT2D eigenvalue weighted by molar-refractivity contribution is -0.154. The van der Waals surface area contributed by atoms with Crippen molar-refractivity contribution < 1.29 is 28.8 Å². The van der Waals surface area contributed by atoms with Crippen LogP contribution in [-0.2, 0) is 27.5 Å². The molecule has 1 amide bonds. The van der Waals surface area contributed by atoms with Gasteiger partial charge in [-0.25, -0.2) is 0 Å². The molecule has 0 radical (unpaired) electrons. The van der Waals surface area contributed by atoms with Gasteiger partial charge in [-0.15, -0.1) is 0 Å². The minimum atomic E-state index is -0.568. The number of carbonyl (C=O) groups is 1. The molecule has 2 atom stereocenters. The summed E-state index contributed by atoms with van der Waals surface area (Å²) in [4.78, 5) is 14.0. The van der Waals surface area contributed by atoms with Crippen LogP contribution in [0.4, 0.5) is 0 Å². The van der Waals surface area contributed by atoms with Crippen molar-refractivity contribution in [2.24, 2.45) is 0 Å². The second-order valence-electron chi connectivity index (χ2n) is 7.52. The Morgan fingerprint density at radius 2 is 1.83 bits per heavy atom. The largest absolute Gasteiger partial charge is 0.459 e. The molecule has 2 heterocycles. The van der Waals surface area contributed by atoms with E-state index in [0.717, 1.165) is 22.4 Å². The zero-order chi connectivity index (χ0) is 21.1. The highest BCUT2D eigenvalue weighted by Gasteiger charge is 2.30. The van der Waals surface area contributed by atoms with Crippen molar-refractivity contribution in [1.29, 1.82) is 0 Å². The molecule has 158 valence electrons. The first kappa shape index (κ1) is 20.3. The van der Waals surface area contributed by atoms with E-state index in [2.05, 4.69) is 0 Å². The van der Waals surface area contributed by atoms with Gasteiger partial charge < -0.3 is 29.0 Å². The highest BCUT2D eigenvalue weighted by atomic mass is 16.7. The maximum atomic E-state index is 12.6. The summed E-state index contributed by atoms with van der Waals surface area (Å²) in [6.07, 6.45) is 1.84. The molecule has 0 unspecified atom stereocenters. The third-order valence-electron chi connectivity index (χ3n) is 5.14. The molecule has 2 aromatic carbocycles. The van der Waals surface area contributed by atoms with Crippen LogP contribution in [-0.4, -0.2) is 43.1 Å². The number of amides is 1. The van der Waals surface area contributed by atoms with Gasteiger partial charge in [-0.05, 0) is 34.9 Å². The molecule has 0 saturated heterocycles. The van der Waals surface area contributed by atoms with Crippen LogP contribution >= 0.6 is 0 Å². The second kappa shape index (κ2) is 8.77. The Hall–Kier alpha value is -3.03. The van der Waals surface area contributed by atoms with Crippen LogP contribution in [0.15, 0.2) is 54.3 Å². The van der Waals surface area contributed by atoms with E-state index >= 15 is 0 Å². The molecule has 2 aromatic rings. The Balaban J connectivity index is 1.52. The Labute approximate surface area is 175 Å². The standard InChI is InChI=1S/C23H25NO6/c1-24(2)23(26)21-10-18(17-7-8-19-20(9-17)29-14-28-19)11-22(30-21)27-13-16-5-3-15(12-25)4-6-16/h3-10,18,22,25H,11-14H2,1-2H3/t18-,22+/m0/s1. The number of rotatable bonds is 6. The fourth-order valence-corrected chi connectivity index (χ4v) is 3.44.